The summed E-state index contributed by atoms with van der Waals surface area (Å²) in [7, 11) is 0. The van der Waals surface area contributed by atoms with Crippen molar-refractivity contribution in [2.75, 3.05) is 0 Å². The van der Waals surface area contributed by atoms with Crippen LogP contribution in [0.2, 0.25) is 0 Å². The molecule has 0 unspecified atom stereocenters. The molecule has 2 aromatic rings. The van der Waals surface area contributed by atoms with Crippen LogP contribution in [0.3, 0.4) is 0 Å². The fourth-order valence-corrected chi connectivity index (χ4v) is 1.77. The van der Waals surface area contributed by atoms with Gasteiger partial charge in [-0.3, -0.25) is 0 Å². The molecule has 5 nitrogen and oxygen atoms in total. The lowest BCUT2D eigenvalue weighted by molar-refractivity contribution is -0.130. The molecule has 0 aliphatic carbocycles. The fraction of sp³-hybridized carbons (Fsp3) is 0. The smallest absolute Gasteiger partial charge is 0.364 e. The molecule has 0 saturated heterocycles. The Morgan fingerprint density at radius 1 is 1.28 bits per heavy atom. The molecular formula is C12H6BrNO4. The van der Waals surface area contributed by atoms with Crippen molar-refractivity contribution < 1.29 is 18.4 Å². The number of esters is 1. The third-order valence-electron chi connectivity index (χ3n) is 2.23. The Labute approximate surface area is 110 Å². The Hall–Kier alpha value is -2.08. The van der Waals surface area contributed by atoms with Gasteiger partial charge in [0, 0.05) is 6.08 Å². The number of halogens is 1. The van der Waals surface area contributed by atoms with Crippen molar-refractivity contribution in [3.8, 4) is 0 Å². The molecule has 0 aromatic carbocycles. The summed E-state index contributed by atoms with van der Waals surface area (Å²) in [6, 6.07) is 6.80. The van der Waals surface area contributed by atoms with Crippen LogP contribution in [0.1, 0.15) is 11.5 Å². The summed E-state index contributed by atoms with van der Waals surface area (Å²) in [6.45, 7) is 0. The zero-order valence-electron chi connectivity index (χ0n) is 8.92. The zero-order valence-corrected chi connectivity index (χ0v) is 10.5. The highest BCUT2D eigenvalue weighted by Crippen LogP contribution is 2.21. The molecule has 3 rings (SSSR count). The van der Waals surface area contributed by atoms with Crippen LogP contribution >= 0.6 is 15.9 Å². The lowest BCUT2D eigenvalue weighted by Crippen LogP contribution is -2.04. The summed E-state index contributed by atoms with van der Waals surface area (Å²) < 4.78 is 15.9. The van der Waals surface area contributed by atoms with E-state index in [4.69, 9.17) is 13.6 Å². The van der Waals surface area contributed by atoms with Gasteiger partial charge in [0.25, 0.3) is 5.90 Å². The predicted octanol–water partition coefficient (Wildman–Crippen LogP) is 2.98. The lowest BCUT2D eigenvalue weighted by atomic mass is 10.3. The van der Waals surface area contributed by atoms with Gasteiger partial charge in [-0.1, -0.05) is 0 Å². The van der Waals surface area contributed by atoms with Gasteiger partial charge in [0.05, 0.1) is 6.26 Å². The maximum atomic E-state index is 11.6. The van der Waals surface area contributed by atoms with E-state index in [1.165, 1.54) is 12.3 Å². The van der Waals surface area contributed by atoms with Gasteiger partial charge in [0.15, 0.2) is 16.1 Å². The normalized spacial score (nSPS) is 17.1. The average molecular weight is 308 g/mol. The number of ether oxygens (including phenoxy) is 1. The van der Waals surface area contributed by atoms with Gasteiger partial charge < -0.3 is 13.6 Å². The second kappa shape index (κ2) is 4.30. The van der Waals surface area contributed by atoms with Crippen molar-refractivity contribution in [1.29, 1.82) is 0 Å². The highest BCUT2D eigenvalue weighted by Gasteiger charge is 2.26. The quantitative estimate of drug-likeness (QED) is 0.632. The molecule has 0 amide bonds. The topological polar surface area (TPSA) is 64.9 Å². The molecule has 0 fully saturated rings. The number of carbonyl (C=O) groups excluding carboxylic acids is 1. The Balaban J connectivity index is 1.94. The molecule has 0 N–H and O–H groups in total. The molecule has 0 bridgehead atoms. The van der Waals surface area contributed by atoms with E-state index in [9.17, 15) is 4.79 Å². The van der Waals surface area contributed by atoms with E-state index in [2.05, 4.69) is 20.9 Å². The van der Waals surface area contributed by atoms with Crippen LogP contribution in [0.25, 0.3) is 6.08 Å². The SMILES string of the molecule is O=C1OC(c2ccco2)=N/C1=C\c1ccc(Br)o1. The highest BCUT2D eigenvalue weighted by atomic mass is 79.9. The van der Waals surface area contributed by atoms with Crippen LogP contribution in [0.4, 0.5) is 0 Å². The number of carbonyl (C=O) groups is 1. The minimum atomic E-state index is -0.533. The Morgan fingerprint density at radius 3 is 2.83 bits per heavy atom. The number of hydrogen-bond donors (Lipinski definition) is 0. The van der Waals surface area contributed by atoms with Gasteiger partial charge in [-0.2, -0.15) is 0 Å². The number of cyclic esters (lactones) is 1. The van der Waals surface area contributed by atoms with E-state index in [0.29, 0.717) is 16.2 Å². The molecule has 0 spiro atoms. The van der Waals surface area contributed by atoms with Crippen LogP contribution in [0.15, 0.2) is 54.7 Å². The van der Waals surface area contributed by atoms with E-state index in [-0.39, 0.29) is 11.6 Å². The van der Waals surface area contributed by atoms with E-state index < -0.39 is 5.97 Å². The van der Waals surface area contributed by atoms with Gasteiger partial charge in [-0.05, 0) is 40.2 Å². The Morgan fingerprint density at radius 2 is 2.17 bits per heavy atom. The van der Waals surface area contributed by atoms with Crippen LogP contribution in [0, 0.1) is 0 Å². The second-order valence-corrected chi connectivity index (χ2v) is 4.24. The van der Waals surface area contributed by atoms with Crippen LogP contribution in [-0.4, -0.2) is 11.9 Å². The van der Waals surface area contributed by atoms with E-state index in [1.807, 2.05) is 0 Å². The van der Waals surface area contributed by atoms with Crippen molar-refractivity contribution in [2.45, 2.75) is 0 Å². The monoisotopic (exact) mass is 307 g/mol. The molecule has 1 aliphatic heterocycles. The molecule has 3 heterocycles. The first-order valence-corrected chi connectivity index (χ1v) is 5.83. The van der Waals surface area contributed by atoms with Crippen molar-refractivity contribution in [3.63, 3.8) is 0 Å². The Kier molecular flexibility index (Phi) is 2.64. The van der Waals surface area contributed by atoms with Crippen LogP contribution < -0.4 is 0 Å². The number of aliphatic imine (C=N–C) groups is 1. The molecular weight excluding hydrogens is 302 g/mol. The summed E-state index contributed by atoms with van der Waals surface area (Å²) in [6.07, 6.45) is 2.99. The summed E-state index contributed by atoms with van der Waals surface area (Å²) in [5.74, 6) is 0.543. The largest absolute Gasteiger partial charge is 0.459 e. The third kappa shape index (κ3) is 2.02. The van der Waals surface area contributed by atoms with Crippen molar-refractivity contribution in [1.82, 2.24) is 0 Å². The molecule has 6 heteroatoms. The lowest BCUT2D eigenvalue weighted by Gasteiger charge is -1.91. The number of rotatable bonds is 2. The maximum Gasteiger partial charge on any atom is 0.364 e. The number of furan rings is 2. The Bertz CT molecular complexity index is 651. The van der Waals surface area contributed by atoms with Crippen LogP contribution in [0.5, 0.6) is 0 Å². The second-order valence-electron chi connectivity index (χ2n) is 3.46. The first-order chi connectivity index (χ1) is 8.72. The van der Waals surface area contributed by atoms with Gasteiger partial charge in [0.2, 0.25) is 0 Å². The first-order valence-electron chi connectivity index (χ1n) is 5.04. The maximum absolute atomic E-state index is 11.6. The van der Waals surface area contributed by atoms with E-state index >= 15 is 0 Å². The summed E-state index contributed by atoms with van der Waals surface area (Å²) in [5.41, 5.74) is 0.170. The third-order valence-corrected chi connectivity index (χ3v) is 2.65. The minimum Gasteiger partial charge on any atom is -0.459 e. The summed E-state index contributed by atoms with van der Waals surface area (Å²) in [4.78, 5) is 15.6. The number of nitrogens with zero attached hydrogens (tertiary/aromatic N) is 1. The highest BCUT2D eigenvalue weighted by molar-refractivity contribution is 9.10. The van der Waals surface area contributed by atoms with Crippen molar-refractivity contribution in [2.24, 2.45) is 4.99 Å². The predicted molar refractivity (Wildman–Crippen MR) is 65.7 cm³/mol. The summed E-state index contributed by atoms with van der Waals surface area (Å²) in [5, 5.41) is 0. The molecule has 1 aliphatic rings. The summed E-state index contributed by atoms with van der Waals surface area (Å²) >= 11 is 3.18. The van der Waals surface area contributed by atoms with Gasteiger partial charge in [-0.15, -0.1) is 0 Å². The first kappa shape index (κ1) is 11.0. The molecule has 0 atom stereocenters. The van der Waals surface area contributed by atoms with Crippen LogP contribution in [-0.2, 0) is 9.53 Å². The van der Waals surface area contributed by atoms with Gasteiger partial charge >= 0.3 is 5.97 Å². The minimum absolute atomic E-state index is 0.155. The molecule has 0 saturated carbocycles. The molecule has 0 radical (unpaired) electrons. The van der Waals surface area contributed by atoms with E-state index in [1.54, 1.807) is 24.3 Å². The molecule has 90 valence electrons. The number of hydrogen-bond acceptors (Lipinski definition) is 5. The van der Waals surface area contributed by atoms with E-state index in [0.717, 1.165) is 0 Å². The zero-order chi connectivity index (χ0) is 12.5. The fourth-order valence-electron chi connectivity index (χ4n) is 1.46. The molecule has 2 aromatic heterocycles. The standard InChI is InChI=1S/C12H6BrNO4/c13-10-4-3-7(17-10)6-8-12(15)18-11(14-8)9-2-1-5-16-9/h1-6H/b8-6-. The van der Waals surface area contributed by atoms with Crippen molar-refractivity contribution >= 4 is 33.9 Å². The van der Waals surface area contributed by atoms with Gasteiger partial charge in [0.1, 0.15) is 5.76 Å². The molecule has 18 heavy (non-hydrogen) atoms. The van der Waals surface area contributed by atoms with Gasteiger partial charge in [-0.25, -0.2) is 9.79 Å². The average Bonchev–Trinajstić information content (AvgIpc) is 3.02. The van der Waals surface area contributed by atoms with Crippen molar-refractivity contribution in [3.05, 3.63) is 52.4 Å².